The fraction of sp³-hybridized carbons (Fsp3) is 0.312. The van der Waals surface area contributed by atoms with Gasteiger partial charge in [0.2, 0.25) is 0 Å². The first-order valence-corrected chi connectivity index (χ1v) is 7.25. The summed E-state index contributed by atoms with van der Waals surface area (Å²) < 4.78 is 1.18. The molecule has 0 spiro atoms. The molecule has 22 heavy (non-hydrogen) atoms. The first-order valence-electron chi connectivity index (χ1n) is 7.25. The van der Waals surface area contributed by atoms with Crippen molar-refractivity contribution in [1.29, 1.82) is 0 Å². The quantitative estimate of drug-likeness (QED) is 0.818. The molecule has 1 amide bonds. The Balaban J connectivity index is 1.53. The third kappa shape index (κ3) is 3.79. The largest absolute Gasteiger partial charge is 0.271 e. The first kappa shape index (κ1) is 14.5. The summed E-state index contributed by atoms with van der Waals surface area (Å²) in [6, 6.07) is 12.7. The Bertz CT molecular complexity index is 708. The number of hydrogen-bond acceptors (Lipinski definition) is 4. The molecule has 0 bridgehead atoms. The highest BCUT2D eigenvalue weighted by Crippen LogP contribution is 2.38. The van der Waals surface area contributed by atoms with Gasteiger partial charge in [0.05, 0.1) is 12.3 Å². The molecular weight excluding hydrogens is 282 g/mol. The van der Waals surface area contributed by atoms with Crippen LogP contribution in [0.15, 0.2) is 47.3 Å². The Kier molecular flexibility index (Phi) is 4.29. The maximum absolute atomic E-state index is 11.8. The highest BCUT2D eigenvalue weighted by Gasteiger charge is 2.25. The van der Waals surface area contributed by atoms with Crippen molar-refractivity contribution >= 4 is 5.91 Å². The van der Waals surface area contributed by atoms with E-state index in [0.29, 0.717) is 5.92 Å². The monoisotopic (exact) mass is 299 g/mol. The van der Waals surface area contributed by atoms with E-state index < -0.39 is 5.91 Å². The Morgan fingerprint density at radius 3 is 2.73 bits per heavy atom. The van der Waals surface area contributed by atoms with E-state index in [-0.39, 0.29) is 18.7 Å². The summed E-state index contributed by atoms with van der Waals surface area (Å²) in [5.74, 6) is 0.0303. The maximum atomic E-state index is 11.8. The summed E-state index contributed by atoms with van der Waals surface area (Å²) in [6.45, 7) is 0.130. The number of carbonyl (C=O) groups is 1. The number of aromatic nitrogens is 2. The average Bonchev–Trinajstić information content (AvgIpc) is 3.35. The van der Waals surface area contributed by atoms with Gasteiger partial charge in [-0.25, -0.2) is 10.2 Å². The second kappa shape index (κ2) is 6.53. The molecule has 2 aromatic rings. The van der Waals surface area contributed by atoms with Crippen molar-refractivity contribution in [2.45, 2.75) is 31.9 Å². The van der Waals surface area contributed by atoms with E-state index in [9.17, 15) is 9.59 Å². The van der Waals surface area contributed by atoms with Gasteiger partial charge in [0.1, 0.15) is 6.54 Å². The molecule has 0 saturated heterocycles. The molecule has 1 aliphatic carbocycles. The normalized spacial score (nSPS) is 13.8. The summed E-state index contributed by atoms with van der Waals surface area (Å²) in [5, 5.41) is 4.23. The van der Waals surface area contributed by atoms with Gasteiger partial charge in [0.15, 0.2) is 0 Å². The molecule has 1 aliphatic rings. The summed E-state index contributed by atoms with van der Waals surface area (Å²) in [5.41, 5.74) is 3.87. The zero-order chi connectivity index (χ0) is 15.4. The van der Waals surface area contributed by atoms with Gasteiger partial charge < -0.3 is 0 Å². The third-order valence-corrected chi connectivity index (χ3v) is 3.44. The molecule has 0 atom stereocenters. The molecule has 1 heterocycles. The minimum atomic E-state index is -0.404. The molecule has 1 aromatic carbocycles. The first-order chi connectivity index (χ1) is 10.7. The van der Waals surface area contributed by atoms with Gasteiger partial charge in [0, 0.05) is 12.0 Å². The van der Waals surface area contributed by atoms with Gasteiger partial charge in [-0.05, 0) is 24.5 Å². The number of rotatable bonds is 6. The number of nitrogens with zero attached hydrogens (tertiary/aromatic N) is 2. The van der Waals surface area contributed by atoms with Crippen molar-refractivity contribution in [2.24, 2.45) is 0 Å². The second-order valence-corrected chi connectivity index (χ2v) is 5.33. The lowest BCUT2D eigenvalue weighted by Gasteiger charge is -2.08. The van der Waals surface area contributed by atoms with Gasteiger partial charge in [-0.2, -0.15) is 5.10 Å². The van der Waals surface area contributed by atoms with Crippen LogP contribution in [-0.2, 0) is 22.8 Å². The zero-order valence-electron chi connectivity index (χ0n) is 12.1. The van der Waals surface area contributed by atoms with E-state index >= 15 is 0 Å². The summed E-state index contributed by atoms with van der Waals surface area (Å²) in [6.07, 6.45) is 2.19. The van der Waals surface area contributed by atoms with E-state index in [1.54, 1.807) is 6.07 Å². The Labute approximate surface area is 127 Å². The smallest absolute Gasteiger partial charge is 0.267 e. The van der Waals surface area contributed by atoms with E-state index in [1.165, 1.54) is 10.7 Å². The molecule has 1 fully saturated rings. The van der Waals surface area contributed by atoms with E-state index in [4.69, 9.17) is 4.84 Å². The molecule has 0 unspecified atom stereocenters. The Morgan fingerprint density at radius 1 is 1.23 bits per heavy atom. The van der Waals surface area contributed by atoms with E-state index in [2.05, 4.69) is 10.6 Å². The Morgan fingerprint density at radius 2 is 2.00 bits per heavy atom. The molecule has 6 heteroatoms. The van der Waals surface area contributed by atoms with Crippen LogP contribution in [0, 0.1) is 0 Å². The number of hydroxylamine groups is 1. The molecular formula is C16H17N3O3. The predicted octanol–water partition coefficient (Wildman–Crippen LogP) is 1.37. The van der Waals surface area contributed by atoms with Crippen molar-refractivity contribution < 1.29 is 9.63 Å². The average molecular weight is 299 g/mol. The van der Waals surface area contributed by atoms with Crippen LogP contribution in [-0.4, -0.2) is 15.7 Å². The number of nitrogens with one attached hydrogen (secondary N) is 1. The van der Waals surface area contributed by atoms with Crippen LogP contribution in [0.1, 0.15) is 30.0 Å². The minimum absolute atomic E-state index is 0.145. The number of carbonyl (C=O) groups excluding carboxylic acids is 1. The van der Waals surface area contributed by atoms with Crippen LogP contribution in [0.25, 0.3) is 0 Å². The van der Waals surface area contributed by atoms with E-state index in [1.807, 2.05) is 30.3 Å². The van der Waals surface area contributed by atoms with Crippen LogP contribution < -0.4 is 11.0 Å². The number of benzene rings is 1. The lowest BCUT2D eigenvalue weighted by Crippen LogP contribution is -2.33. The van der Waals surface area contributed by atoms with Gasteiger partial charge in [-0.1, -0.05) is 30.3 Å². The minimum Gasteiger partial charge on any atom is -0.271 e. The van der Waals surface area contributed by atoms with Gasteiger partial charge in [-0.15, -0.1) is 0 Å². The zero-order valence-corrected chi connectivity index (χ0v) is 12.1. The van der Waals surface area contributed by atoms with Crippen molar-refractivity contribution in [3.63, 3.8) is 0 Å². The van der Waals surface area contributed by atoms with Crippen LogP contribution in [0.4, 0.5) is 0 Å². The van der Waals surface area contributed by atoms with Crippen molar-refractivity contribution in [2.75, 3.05) is 0 Å². The van der Waals surface area contributed by atoms with Crippen LogP contribution in [0.5, 0.6) is 0 Å². The topological polar surface area (TPSA) is 73.2 Å². The van der Waals surface area contributed by atoms with Crippen LogP contribution in [0.2, 0.25) is 0 Å². The fourth-order valence-electron chi connectivity index (χ4n) is 2.12. The fourth-order valence-corrected chi connectivity index (χ4v) is 2.12. The second-order valence-electron chi connectivity index (χ2n) is 5.33. The van der Waals surface area contributed by atoms with Gasteiger partial charge >= 0.3 is 0 Å². The molecule has 0 aliphatic heterocycles. The van der Waals surface area contributed by atoms with E-state index in [0.717, 1.165) is 24.1 Å². The van der Waals surface area contributed by atoms with Crippen LogP contribution >= 0.6 is 0 Å². The molecule has 6 nitrogen and oxygen atoms in total. The highest BCUT2D eigenvalue weighted by atomic mass is 16.6. The molecule has 0 radical (unpaired) electrons. The number of amides is 1. The summed E-state index contributed by atoms with van der Waals surface area (Å²) in [4.78, 5) is 28.7. The third-order valence-electron chi connectivity index (χ3n) is 3.44. The van der Waals surface area contributed by atoms with Crippen molar-refractivity contribution in [3.05, 3.63) is 64.1 Å². The summed E-state index contributed by atoms with van der Waals surface area (Å²) in [7, 11) is 0. The molecule has 1 N–H and O–H groups in total. The maximum Gasteiger partial charge on any atom is 0.267 e. The molecule has 114 valence electrons. The van der Waals surface area contributed by atoms with Crippen LogP contribution in [0.3, 0.4) is 0 Å². The standard InChI is InChI=1S/C16H17N3O3/c20-15(18-22-11-12-4-2-1-3-5-12)10-19-16(21)9-8-14(17-19)13-6-7-13/h1-5,8-9,13H,6-7,10-11H2,(H,18,20). The lowest BCUT2D eigenvalue weighted by atomic mass is 10.2. The van der Waals surface area contributed by atoms with Gasteiger partial charge in [-0.3, -0.25) is 14.4 Å². The van der Waals surface area contributed by atoms with Crippen molar-refractivity contribution in [1.82, 2.24) is 15.3 Å². The predicted molar refractivity (Wildman–Crippen MR) is 79.8 cm³/mol. The Hall–Kier alpha value is -2.47. The summed E-state index contributed by atoms with van der Waals surface area (Å²) >= 11 is 0. The highest BCUT2D eigenvalue weighted by molar-refractivity contribution is 5.74. The molecule has 1 saturated carbocycles. The van der Waals surface area contributed by atoms with Crippen molar-refractivity contribution in [3.8, 4) is 0 Å². The number of hydrogen-bond donors (Lipinski definition) is 1. The SMILES string of the molecule is O=C(Cn1nc(C2CC2)ccc1=O)NOCc1ccccc1. The molecule has 3 rings (SSSR count). The lowest BCUT2D eigenvalue weighted by molar-refractivity contribution is -0.135. The molecule has 1 aromatic heterocycles. The van der Waals surface area contributed by atoms with Gasteiger partial charge in [0.25, 0.3) is 11.5 Å².